The highest BCUT2D eigenvalue weighted by molar-refractivity contribution is 6.00. The highest BCUT2D eigenvalue weighted by Crippen LogP contribution is 2.37. The van der Waals surface area contributed by atoms with Crippen molar-refractivity contribution in [3.05, 3.63) is 141 Å². The Balaban J connectivity index is 1.50. The van der Waals surface area contributed by atoms with Crippen LogP contribution in [-0.2, 0) is 0 Å². The van der Waals surface area contributed by atoms with Crippen LogP contribution >= 0.6 is 0 Å². The second-order valence-corrected chi connectivity index (χ2v) is 11.5. The van der Waals surface area contributed by atoms with Gasteiger partial charge >= 0.3 is 0 Å². The molecular weight excluding hydrogens is 620 g/mol. The van der Waals surface area contributed by atoms with Gasteiger partial charge in [-0.15, -0.1) is 0 Å². The molecule has 11 heteroatoms. The molecule has 0 atom stereocenters. The van der Waals surface area contributed by atoms with Gasteiger partial charge in [-0.1, -0.05) is 12.1 Å². The van der Waals surface area contributed by atoms with E-state index >= 15 is 0 Å². The fourth-order valence-corrected chi connectivity index (χ4v) is 6.33. The number of H-pyrrole nitrogens is 3. The average Bonchev–Trinajstić information content (AvgIpc) is 3.95. The molecule has 49 heavy (non-hydrogen) atoms. The summed E-state index contributed by atoms with van der Waals surface area (Å²) in [4.78, 5) is 37.9. The summed E-state index contributed by atoms with van der Waals surface area (Å²) in [6.07, 6.45) is 3.86. The number of fused-ring (bicyclic) bond motifs is 9. The van der Waals surface area contributed by atoms with Gasteiger partial charge in [0.1, 0.15) is 5.75 Å². The number of hydrogen-bond acceptors (Lipinski definition) is 6. The summed E-state index contributed by atoms with van der Waals surface area (Å²) in [6.45, 7) is 0. The normalized spacial score (nSPS) is 11.6. The van der Waals surface area contributed by atoms with E-state index in [0.717, 1.165) is 72.2 Å². The van der Waals surface area contributed by atoms with Gasteiger partial charge in [-0.25, -0.2) is 4.98 Å². The summed E-state index contributed by atoms with van der Waals surface area (Å²) in [6, 6.07) is 32.7. The van der Waals surface area contributed by atoms with Gasteiger partial charge in [0.15, 0.2) is 0 Å². The minimum Gasteiger partial charge on any atom is -0.497 e. The summed E-state index contributed by atoms with van der Waals surface area (Å²) in [5, 5.41) is 22.9. The maximum absolute atomic E-state index is 11.4. The number of methoxy groups -OCH3 is 1. The van der Waals surface area contributed by atoms with Gasteiger partial charge in [0.25, 0.3) is 11.4 Å². The first-order valence-electron chi connectivity index (χ1n) is 15.3. The molecule has 238 valence electrons. The van der Waals surface area contributed by atoms with Gasteiger partial charge in [-0.05, 0) is 102 Å². The Kier molecular flexibility index (Phi) is 6.99. The molecule has 0 fully saturated rings. The average molecular weight is 647 g/mol. The van der Waals surface area contributed by atoms with E-state index in [1.807, 2.05) is 72.8 Å². The fourth-order valence-electron chi connectivity index (χ4n) is 6.33. The zero-order valence-corrected chi connectivity index (χ0v) is 25.9. The zero-order valence-electron chi connectivity index (χ0n) is 25.9. The number of non-ortho nitro benzene ring substituents is 2. The number of aromatic nitrogens is 4. The highest BCUT2D eigenvalue weighted by Gasteiger charge is 2.16. The first-order valence-corrected chi connectivity index (χ1v) is 15.3. The number of hydrogen-bond donors (Lipinski definition) is 3. The lowest BCUT2D eigenvalue weighted by Crippen LogP contribution is -1.89. The molecule has 1 aliphatic heterocycles. The molecule has 8 rings (SSSR count). The molecule has 0 saturated heterocycles. The van der Waals surface area contributed by atoms with Crippen LogP contribution in [-0.4, -0.2) is 36.9 Å². The smallest absolute Gasteiger partial charge is 0.269 e. The molecular formula is C38H26N6O5. The third-order valence-electron chi connectivity index (χ3n) is 8.69. The van der Waals surface area contributed by atoms with Gasteiger partial charge in [-0.2, -0.15) is 0 Å². The van der Waals surface area contributed by atoms with E-state index in [4.69, 9.17) is 9.72 Å². The summed E-state index contributed by atoms with van der Waals surface area (Å²) in [5.41, 5.74) is 11.2. The van der Waals surface area contributed by atoms with E-state index < -0.39 is 9.85 Å². The standard InChI is InChI=1S/C38H26N6O5/c1-49-27-12-6-24(7-13-27)38-34-20-18-32(41-34)36(22-2-8-25(9-3-22)43(45)46)30-16-14-28(39-30)29-15-17-31(40-29)37(33-19-21-35(38)42-33)23-4-10-26(11-5-23)44(47)48/h2-21,39,41-42H,1H3. The number of nitro benzene ring substituents is 2. The number of ether oxygens (including phenoxy) is 1. The Morgan fingerprint density at radius 2 is 0.857 bits per heavy atom. The van der Waals surface area contributed by atoms with Gasteiger partial charge < -0.3 is 19.7 Å². The third-order valence-corrected chi connectivity index (χ3v) is 8.69. The molecule has 0 amide bonds. The van der Waals surface area contributed by atoms with Crippen LogP contribution < -0.4 is 4.74 Å². The lowest BCUT2D eigenvalue weighted by molar-refractivity contribution is -0.385. The van der Waals surface area contributed by atoms with Crippen LogP contribution in [0.2, 0.25) is 0 Å². The molecule has 3 N–H and O–H groups in total. The lowest BCUT2D eigenvalue weighted by Gasteiger charge is -2.06. The second kappa shape index (κ2) is 11.7. The molecule has 4 aromatic heterocycles. The highest BCUT2D eigenvalue weighted by atomic mass is 16.6. The molecule has 8 bridgehead atoms. The van der Waals surface area contributed by atoms with Crippen molar-refractivity contribution in [2.45, 2.75) is 0 Å². The van der Waals surface area contributed by atoms with E-state index in [-0.39, 0.29) is 11.4 Å². The maximum atomic E-state index is 11.4. The van der Waals surface area contributed by atoms with Crippen molar-refractivity contribution in [3.63, 3.8) is 0 Å². The second-order valence-electron chi connectivity index (χ2n) is 11.5. The predicted molar refractivity (Wildman–Crippen MR) is 191 cm³/mol. The van der Waals surface area contributed by atoms with Crippen molar-refractivity contribution in [1.82, 2.24) is 19.9 Å². The molecule has 0 aliphatic carbocycles. The van der Waals surface area contributed by atoms with Crippen LogP contribution in [0.15, 0.2) is 109 Å². The van der Waals surface area contributed by atoms with Crippen LogP contribution in [0.1, 0.15) is 11.4 Å². The zero-order chi connectivity index (χ0) is 33.6. The molecule has 0 spiro atoms. The number of aromatic amines is 3. The van der Waals surface area contributed by atoms with Gasteiger partial charge in [0.05, 0.1) is 33.9 Å². The molecule has 0 radical (unpaired) electrons. The Morgan fingerprint density at radius 3 is 1.31 bits per heavy atom. The number of benzene rings is 3. The number of rotatable bonds is 6. The van der Waals surface area contributed by atoms with Crippen molar-refractivity contribution < 1.29 is 14.6 Å². The quantitative estimate of drug-likeness (QED) is 0.121. The summed E-state index contributed by atoms with van der Waals surface area (Å²) < 4.78 is 5.44. The number of nitro groups is 2. The van der Waals surface area contributed by atoms with Crippen LogP contribution in [0.4, 0.5) is 11.4 Å². The number of nitrogens with one attached hydrogen (secondary N) is 3. The van der Waals surface area contributed by atoms with Crippen molar-refractivity contribution in [2.75, 3.05) is 7.11 Å². The van der Waals surface area contributed by atoms with Crippen LogP contribution in [0.5, 0.6) is 5.75 Å². The van der Waals surface area contributed by atoms with Crippen LogP contribution in [0.3, 0.4) is 0 Å². The van der Waals surface area contributed by atoms with Crippen LogP contribution in [0, 0.1) is 20.2 Å². The lowest BCUT2D eigenvalue weighted by atomic mass is 10.0. The molecule has 3 aromatic carbocycles. The monoisotopic (exact) mass is 646 g/mol. The van der Waals surface area contributed by atoms with E-state index in [0.29, 0.717) is 11.4 Å². The number of nitrogens with zero attached hydrogens (tertiary/aromatic N) is 3. The van der Waals surface area contributed by atoms with Gasteiger partial charge in [-0.3, -0.25) is 20.2 Å². The largest absolute Gasteiger partial charge is 0.497 e. The molecule has 0 unspecified atom stereocenters. The van der Waals surface area contributed by atoms with E-state index in [1.54, 1.807) is 31.4 Å². The van der Waals surface area contributed by atoms with Gasteiger partial charge in [0.2, 0.25) is 0 Å². The SMILES string of the molecule is COc1ccc(-c2c3ccc([nH]3)c(-c3ccc([N+](=O)[O-])cc3)c3nc(c4ccc([nH]4)c(-c4ccc([N+](=O)[O-])cc4)c4ccc2[nH]4)C=C3)cc1. The van der Waals surface area contributed by atoms with Crippen molar-refractivity contribution in [2.24, 2.45) is 0 Å². The summed E-state index contributed by atoms with van der Waals surface area (Å²) in [5.74, 6) is 0.726. The van der Waals surface area contributed by atoms with Crippen molar-refractivity contribution >= 4 is 56.6 Å². The van der Waals surface area contributed by atoms with Crippen LogP contribution in [0.25, 0.3) is 78.6 Å². The Bertz CT molecular complexity index is 2580. The molecule has 11 nitrogen and oxygen atoms in total. The summed E-state index contributed by atoms with van der Waals surface area (Å²) in [7, 11) is 1.63. The fraction of sp³-hybridized carbons (Fsp3) is 0.0263. The maximum Gasteiger partial charge on any atom is 0.269 e. The predicted octanol–water partition coefficient (Wildman–Crippen LogP) is 9.52. The topological polar surface area (TPSA) is 156 Å². The van der Waals surface area contributed by atoms with Crippen molar-refractivity contribution in [1.29, 1.82) is 0 Å². The van der Waals surface area contributed by atoms with Crippen molar-refractivity contribution in [3.8, 4) is 39.1 Å². The molecule has 7 aromatic rings. The third kappa shape index (κ3) is 5.25. The first kappa shape index (κ1) is 29.4. The Morgan fingerprint density at radius 1 is 0.490 bits per heavy atom. The van der Waals surface area contributed by atoms with E-state index in [9.17, 15) is 20.2 Å². The summed E-state index contributed by atoms with van der Waals surface area (Å²) >= 11 is 0. The molecule has 0 saturated carbocycles. The van der Waals surface area contributed by atoms with Gasteiger partial charge in [0, 0.05) is 68.5 Å². The minimum atomic E-state index is -0.415. The van der Waals surface area contributed by atoms with E-state index in [1.165, 1.54) is 24.3 Å². The Labute approximate surface area is 277 Å². The first-order chi connectivity index (χ1) is 23.9. The molecule has 1 aliphatic rings. The Hall–Kier alpha value is -7.01. The molecule has 5 heterocycles. The van der Waals surface area contributed by atoms with E-state index in [2.05, 4.69) is 15.0 Å². The minimum absolute atomic E-state index is 0.00138.